The lowest BCUT2D eigenvalue weighted by atomic mass is 10.0. The summed E-state index contributed by atoms with van der Waals surface area (Å²) in [6.07, 6.45) is 22.8. The summed E-state index contributed by atoms with van der Waals surface area (Å²) in [6.45, 7) is 4.37. The number of aliphatic hydroxyl groups is 1. The van der Waals surface area contributed by atoms with Gasteiger partial charge in [0.05, 0.1) is 6.61 Å². The van der Waals surface area contributed by atoms with E-state index in [0.29, 0.717) is 0 Å². The summed E-state index contributed by atoms with van der Waals surface area (Å²) < 4.78 is 0. The maximum atomic E-state index is 8.64. The molecule has 150 valence electrons. The van der Waals surface area contributed by atoms with Crippen molar-refractivity contribution in [2.24, 2.45) is 0 Å². The summed E-state index contributed by atoms with van der Waals surface area (Å²) in [5.74, 6) is 0. The minimum absolute atomic E-state index is 0. The second-order valence-corrected chi connectivity index (χ2v) is 6.78. The van der Waals surface area contributed by atoms with Gasteiger partial charge >= 0.3 is 0 Å². The van der Waals surface area contributed by atoms with Gasteiger partial charge in [0, 0.05) is 6.54 Å². The number of rotatable bonds is 19. The number of nitrogens with one attached hydrogen (secondary N) is 1. The highest BCUT2D eigenvalue weighted by Gasteiger charge is 1.94. The molecule has 0 spiro atoms. The Kier molecular flexibility index (Phi) is 32.9. The van der Waals surface area contributed by atoms with Crippen LogP contribution in [-0.4, -0.2) is 24.8 Å². The fourth-order valence-electron chi connectivity index (χ4n) is 3.00. The second-order valence-electron chi connectivity index (χ2n) is 6.78. The van der Waals surface area contributed by atoms with Crippen molar-refractivity contribution in [2.45, 2.75) is 110 Å². The lowest BCUT2D eigenvalue weighted by Crippen LogP contribution is -2.19. The van der Waals surface area contributed by atoms with E-state index in [0.717, 1.165) is 13.1 Å². The molecule has 2 nitrogen and oxygen atoms in total. The van der Waals surface area contributed by atoms with Gasteiger partial charge in [-0.3, -0.25) is 9.41 Å². The van der Waals surface area contributed by atoms with Gasteiger partial charge in [-0.05, 0) is 13.0 Å². The van der Waals surface area contributed by atoms with Crippen LogP contribution in [0.2, 0.25) is 0 Å². The maximum Gasteiger partial charge on any atom is 0.0555 e. The molecule has 2 N–H and O–H groups in total. The van der Waals surface area contributed by atoms with Crippen molar-refractivity contribution in [3.05, 3.63) is 0 Å². The van der Waals surface area contributed by atoms with Crippen LogP contribution in [0.4, 0.5) is 9.41 Å². The van der Waals surface area contributed by atoms with Gasteiger partial charge in [-0.15, -0.1) is 0 Å². The van der Waals surface area contributed by atoms with E-state index in [9.17, 15) is 0 Å². The summed E-state index contributed by atoms with van der Waals surface area (Å²) >= 11 is 0. The van der Waals surface area contributed by atoms with Crippen LogP contribution in [0.1, 0.15) is 110 Å². The highest BCUT2D eigenvalue weighted by molar-refractivity contribution is 4.51. The topological polar surface area (TPSA) is 32.3 Å². The molecule has 0 saturated heterocycles. The Morgan fingerprint density at radius 3 is 1.17 bits per heavy atom. The molecule has 0 saturated carbocycles. The van der Waals surface area contributed by atoms with Crippen LogP contribution in [0.5, 0.6) is 0 Å². The molecule has 0 heterocycles. The average Bonchev–Trinajstić information content (AvgIpc) is 2.54. The monoisotopic (exact) mass is 353 g/mol. The van der Waals surface area contributed by atoms with E-state index in [2.05, 4.69) is 12.2 Å². The van der Waals surface area contributed by atoms with E-state index in [1.54, 1.807) is 0 Å². The van der Waals surface area contributed by atoms with Crippen LogP contribution < -0.4 is 5.32 Å². The number of halogens is 2. The molecule has 4 heteroatoms. The van der Waals surface area contributed by atoms with Crippen molar-refractivity contribution < 1.29 is 14.5 Å². The largest absolute Gasteiger partial charge is 0.395 e. The first-order valence-electron chi connectivity index (χ1n) is 10.2. The Labute approximate surface area is 149 Å². The molecule has 0 radical (unpaired) electrons. The Morgan fingerprint density at radius 2 is 0.833 bits per heavy atom. The molecule has 0 amide bonds. The zero-order valence-electron chi connectivity index (χ0n) is 16.2. The van der Waals surface area contributed by atoms with Crippen LogP contribution >= 0.6 is 0 Å². The fraction of sp³-hybridized carbons (Fsp3) is 1.00. The van der Waals surface area contributed by atoms with Crippen LogP contribution in [0, 0.1) is 0 Å². The van der Waals surface area contributed by atoms with Crippen LogP contribution in [0.3, 0.4) is 0 Å². The first kappa shape index (κ1) is 28.6. The average molecular weight is 354 g/mol. The van der Waals surface area contributed by atoms with Crippen molar-refractivity contribution in [3.63, 3.8) is 0 Å². The van der Waals surface area contributed by atoms with Crippen molar-refractivity contribution in [1.82, 2.24) is 5.32 Å². The third-order valence-corrected chi connectivity index (χ3v) is 4.50. The van der Waals surface area contributed by atoms with Gasteiger partial charge in [0.15, 0.2) is 0 Å². The minimum Gasteiger partial charge on any atom is -0.395 e. The standard InChI is InChI=1S/C20H43NO.2FH/c1-2-3-4-5-6-7-8-9-10-11-12-13-14-15-16-17-18-21-19-20-22;;/h21-22H,2-20H2,1H3;2*1H. The molecular formula is C20H45F2NO. The molecule has 0 aliphatic rings. The quantitative estimate of drug-likeness (QED) is 0.274. The lowest BCUT2D eigenvalue weighted by molar-refractivity contribution is 0.292. The van der Waals surface area contributed by atoms with E-state index in [1.165, 1.54) is 103 Å². The predicted octanol–water partition coefficient (Wildman–Crippen LogP) is 6.13. The molecule has 0 aliphatic carbocycles. The van der Waals surface area contributed by atoms with Crippen LogP contribution in [0.15, 0.2) is 0 Å². The van der Waals surface area contributed by atoms with Crippen molar-refractivity contribution in [2.75, 3.05) is 19.7 Å². The smallest absolute Gasteiger partial charge is 0.0555 e. The van der Waals surface area contributed by atoms with E-state index in [4.69, 9.17) is 5.11 Å². The molecule has 0 aliphatic heterocycles. The van der Waals surface area contributed by atoms with Gasteiger partial charge < -0.3 is 10.4 Å². The third kappa shape index (κ3) is 26.7. The predicted molar refractivity (Wildman–Crippen MR) is 105 cm³/mol. The van der Waals surface area contributed by atoms with E-state index in [1.807, 2.05) is 0 Å². The summed E-state index contributed by atoms with van der Waals surface area (Å²) in [7, 11) is 0. The summed E-state index contributed by atoms with van der Waals surface area (Å²) in [4.78, 5) is 0. The van der Waals surface area contributed by atoms with Crippen molar-refractivity contribution >= 4 is 0 Å². The number of hydrogen-bond donors (Lipinski definition) is 2. The normalized spacial score (nSPS) is 10.2. The van der Waals surface area contributed by atoms with E-state index >= 15 is 0 Å². The van der Waals surface area contributed by atoms with Gasteiger partial charge in [0.1, 0.15) is 0 Å². The second kappa shape index (κ2) is 27.6. The summed E-state index contributed by atoms with van der Waals surface area (Å²) in [6, 6.07) is 0. The molecule has 0 aromatic heterocycles. The lowest BCUT2D eigenvalue weighted by Gasteiger charge is -2.04. The molecule has 0 bridgehead atoms. The zero-order chi connectivity index (χ0) is 16.1. The minimum atomic E-state index is 0. The Hall–Kier alpha value is -0.220. The van der Waals surface area contributed by atoms with Gasteiger partial charge in [0.25, 0.3) is 0 Å². The van der Waals surface area contributed by atoms with Crippen molar-refractivity contribution in [1.29, 1.82) is 0 Å². The first-order valence-corrected chi connectivity index (χ1v) is 10.2. The highest BCUT2D eigenvalue weighted by atomic mass is 19.0. The molecule has 0 rings (SSSR count). The molecule has 24 heavy (non-hydrogen) atoms. The van der Waals surface area contributed by atoms with Crippen molar-refractivity contribution in [3.8, 4) is 0 Å². The zero-order valence-corrected chi connectivity index (χ0v) is 16.2. The van der Waals surface area contributed by atoms with Gasteiger partial charge in [-0.1, -0.05) is 103 Å². The van der Waals surface area contributed by atoms with E-state index in [-0.39, 0.29) is 16.0 Å². The van der Waals surface area contributed by atoms with Gasteiger partial charge in [0.2, 0.25) is 0 Å². The maximum absolute atomic E-state index is 8.64. The Balaban J connectivity index is -0.00000220. The van der Waals surface area contributed by atoms with Crippen LogP contribution in [-0.2, 0) is 0 Å². The molecule has 0 fully saturated rings. The van der Waals surface area contributed by atoms with E-state index < -0.39 is 0 Å². The third-order valence-electron chi connectivity index (χ3n) is 4.50. The molecule has 0 aromatic carbocycles. The fourth-order valence-corrected chi connectivity index (χ4v) is 3.00. The Morgan fingerprint density at radius 1 is 0.500 bits per heavy atom. The SMILES string of the molecule is CCCCCCCCCCCCCCCCCCNCCO.F.F. The Bertz CT molecular complexity index is 174. The molecule has 0 aromatic rings. The first-order chi connectivity index (χ1) is 10.9. The summed E-state index contributed by atoms with van der Waals surface area (Å²) in [5.41, 5.74) is 0. The molecule has 0 atom stereocenters. The van der Waals surface area contributed by atoms with Gasteiger partial charge in [-0.25, -0.2) is 0 Å². The highest BCUT2D eigenvalue weighted by Crippen LogP contribution is 2.13. The van der Waals surface area contributed by atoms with Gasteiger partial charge in [-0.2, -0.15) is 0 Å². The number of unbranched alkanes of at least 4 members (excludes halogenated alkanes) is 15. The van der Waals surface area contributed by atoms with Crippen LogP contribution in [0.25, 0.3) is 0 Å². The number of hydrogen-bond acceptors (Lipinski definition) is 2. The molecule has 0 unspecified atom stereocenters. The molecular weight excluding hydrogens is 308 g/mol. The summed E-state index contributed by atoms with van der Waals surface area (Å²) in [5, 5.41) is 11.9. The number of aliphatic hydroxyl groups excluding tert-OH is 1.